The van der Waals surface area contributed by atoms with Crippen molar-refractivity contribution in [2.24, 2.45) is 0 Å². The third kappa shape index (κ3) is 6.70. The van der Waals surface area contributed by atoms with Gasteiger partial charge < -0.3 is 4.57 Å². The van der Waals surface area contributed by atoms with Crippen molar-refractivity contribution in [3.63, 3.8) is 0 Å². The van der Waals surface area contributed by atoms with Crippen LogP contribution in [0.5, 0.6) is 0 Å². The number of hydrogen-bond donors (Lipinski definition) is 0. The number of aromatic nitrogens is 1. The Morgan fingerprint density at radius 2 is 0.648 bits per heavy atom. The Labute approximate surface area is 506 Å². The second-order valence-corrected chi connectivity index (χ2v) is 24.5. The van der Waals surface area contributed by atoms with Gasteiger partial charge in [-0.15, -0.1) is 0 Å². The molecule has 0 N–H and O–H groups in total. The summed E-state index contributed by atoms with van der Waals surface area (Å²) in [6.07, 6.45) is 0. The van der Waals surface area contributed by atoms with Crippen LogP contribution in [0.1, 0.15) is 33.7 Å². The molecule has 404 valence electrons. The van der Waals surface area contributed by atoms with Crippen LogP contribution in [0.4, 0.5) is 0 Å². The lowest BCUT2D eigenvalue weighted by molar-refractivity contribution is 1.07. The molecule has 0 bridgehead atoms. The molecule has 1 atom stereocenters. The van der Waals surface area contributed by atoms with Crippen LogP contribution < -0.4 is 0 Å². The van der Waals surface area contributed by atoms with E-state index < -0.39 is 0 Å². The van der Waals surface area contributed by atoms with Crippen molar-refractivity contribution < 1.29 is 0 Å². The molecule has 1 unspecified atom stereocenters. The van der Waals surface area contributed by atoms with E-state index in [1.165, 1.54) is 196 Å². The van der Waals surface area contributed by atoms with E-state index in [1.54, 1.807) is 0 Å². The molecule has 88 heavy (non-hydrogen) atoms. The minimum Gasteiger partial charge on any atom is -0.309 e. The minimum atomic E-state index is -0.232. The first kappa shape index (κ1) is 47.9. The Balaban J connectivity index is 0.986. The predicted molar refractivity (Wildman–Crippen MR) is 378 cm³/mol. The SMILES string of the molecule is c1ccc2cc3cc4cc(C5=C(c6cc7c8ccccc8ccc7c7ccccc67)c6cccc7c(-n8c9ccc%10ccccc%10c9c9c%10ccccc%10ccc98)ccc(c67)C5c5cc6c7ccccc7ccc6c6ccccc56)ccc4cc3cc2c1. The largest absolute Gasteiger partial charge is 0.309 e. The van der Waals surface area contributed by atoms with E-state index in [4.69, 9.17) is 0 Å². The Hall–Kier alpha value is -11.4. The highest BCUT2D eigenvalue weighted by molar-refractivity contribution is 6.30. The minimum absolute atomic E-state index is 0.232. The summed E-state index contributed by atoms with van der Waals surface area (Å²) in [5.41, 5.74) is 12.4. The average Bonchev–Trinajstić information content (AvgIpc) is 1.01. The predicted octanol–water partition coefficient (Wildman–Crippen LogP) is 23.7. The van der Waals surface area contributed by atoms with Crippen LogP contribution in [0.3, 0.4) is 0 Å². The summed E-state index contributed by atoms with van der Waals surface area (Å²) in [7, 11) is 0. The molecule has 20 rings (SSSR count). The number of hydrogen-bond acceptors (Lipinski definition) is 0. The zero-order valence-corrected chi connectivity index (χ0v) is 47.9. The van der Waals surface area contributed by atoms with E-state index in [2.05, 4.69) is 308 Å². The van der Waals surface area contributed by atoms with Gasteiger partial charge in [0, 0.05) is 22.1 Å². The highest BCUT2D eigenvalue weighted by atomic mass is 15.0. The van der Waals surface area contributed by atoms with Crippen LogP contribution in [0.25, 0.3) is 168 Å². The molecular formula is C87H51N. The number of rotatable bonds is 4. The van der Waals surface area contributed by atoms with E-state index in [1.807, 2.05) is 0 Å². The maximum atomic E-state index is 2.59. The molecule has 0 amide bonds. The van der Waals surface area contributed by atoms with E-state index >= 15 is 0 Å². The standard InChI is InChI=1S/C87H51N/c1-2-21-56-45-61-48-59-47-58(33-32-57(59)46-60(61)44-55(56)20-1)82-84(77-49-75-62-22-7-3-16-51(62)34-38-70(75)66-26-11-13-28-68(66)77)73-31-15-30-72-79(88-80-41-36-53-18-5-9-24-64(53)86(80)87-65-25-10-6-19-54(65)37-42-81(87)88)43-40-74(83(72)73)85(82)78-50-76-63-23-8-4-17-52(63)35-39-71(76)67-27-12-14-29-69(67)78/h1-50,85H. The van der Waals surface area contributed by atoms with E-state index in [0.717, 1.165) is 0 Å². The van der Waals surface area contributed by atoms with Crippen molar-refractivity contribution in [2.75, 3.05) is 0 Å². The van der Waals surface area contributed by atoms with E-state index in [-0.39, 0.29) is 5.92 Å². The van der Waals surface area contributed by atoms with Gasteiger partial charge in [0.05, 0.1) is 16.7 Å². The van der Waals surface area contributed by atoms with Gasteiger partial charge in [-0.1, -0.05) is 243 Å². The lowest BCUT2D eigenvalue weighted by Crippen LogP contribution is -2.15. The van der Waals surface area contributed by atoms with E-state index in [0.29, 0.717) is 0 Å². The fourth-order valence-corrected chi connectivity index (χ4v) is 16.3. The third-order valence-corrected chi connectivity index (χ3v) is 20.1. The second kappa shape index (κ2) is 18.1. The Morgan fingerprint density at radius 3 is 1.26 bits per heavy atom. The molecule has 1 aromatic heterocycles. The van der Waals surface area contributed by atoms with Gasteiger partial charge in [0.1, 0.15) is 0 Å². The fourth-order valence-electron chi connectivity index (χ4n) is 16.3. The molecule has 1 nitrogen and oxygen atoms in total. The zero-order valence-electron chi connectivity index (χ0n) is 47.9. The first-order valence-corrected chi connectivity index (χ1v) is 30.8. The van der Waals surface area contributed by atoms with Crippen molar-refractivity contribution in [1.82, 2.24) is 4.57 Å². The van der Waals surface area contributed by atoms with Crippen molar-refractivity contribution in [3.05, 3.63) is 331 Å². The maximum Gasteiger partial charge on any atom is 0.0548 e. The van der Waals surface area contributed by atoms with Gasteiger partial charge in [-0.2, -0.15) is 0 Å². The lowest BCUT2D eigenvalue weighted by atomic mass is 9.68. The summed E-state index contributed by atoms with van der Waals surface area (Å²) in [5.74, 6) is -0.232. The molecule has 0 fully saturated rings. The van der Waals surface area contributed by atoms with Crippen LogP contribution in [-0.2, 0) is 0 Å². The van der Waals surface area contributed by atoms with Gasteiger partial charge in [-0.25, -0.2) is 0 Å². The number of nitrogens with zero attached hydrogens (tertiary/aromatic N) is 1. The molecular weight excluding hydrogens is 1060 g/mol. The number of allylic oxidation sites excluding steroid dienone is 1. The van der Waals surface area contributed by atoms with Crippen molar-refractivity contribution in [1.29, 1.82) is 0 Å². The Morgan fingerprint density at radius 1 is 0.216 bits per heavy atom. The molecule has 1 aliphatic carbocycles. The number of benzene rings is 18. The third-order valence-electron chi connectivity index (χ3n) is 20.1. The molecule has 1 heteroatoms. The van der Waals surface area contributed by atoms with Crippen LogP contribution in [-0.4, -0.2) is 4.57 Å². The second-order valence-electron chi connectivity index (χ2n) is 24.5. The van der Waals surface area contributed by atoms with Crippen molar-refractivity contribution in [2.45, 2.75) is 5.92 Å². The fraction of sp³-hybridized carbons (Fsp3) is 0.0115. The summed E-state index contributed by atoms with van der Waals surface area (Å²) in [6.45, 7) is 0. The first-order valence-electron chi connectivity index (χ1n) is 30.8. The molecule has 0 saturated heterocycles. The molecule has 18 aromatic carbocycles. The first-order chi connectivity index (χ1) is 43.6. The molecule has 1 heterocycles. The van der Waals surface area contributed by atoms with Gasteiger partial charge in [0.2, 0.25) is 0 Å². The number of fused-ring (bicyclic) bond motifs is 20. The molecule has 1 aliphatic rings. The topological polar surface area (TPSA) is 4.93 Å². The van der Waals surface area contributed by atoms with Gasteiger partial charge in [-0.3, -0.25) is 0 Å². The molecule has 0 spiro atoms. The highest BCUT2D eigenvalue weighted by Gasteiger charge is 2.36. The molecule has 0 radical (unpaired) electrons. The van der Waals surface area contributed by atoms with Crippen LogP contribution in [0.15, 0.2) is 303 Å². The van der Waals surface area contributed by atoms with Crippen LogP contribution >= 0.6 is 0 Å². The summed E-state index contributed by atoms with van der Waals surface area (Å²) < 4.78 is 2.59. The van der Waals surface area contributed by atoms with Gasteiger partial charge in [0.25, 0.3) is 0 Å². The van der Waals surface area contributed by atoms with Crippen molar-refractivity contribution in [3.8, 4) is 5.69 Å². The summed E-state index contributed by atoms with van der Waals surface area (Å²) >= 11 is 0. The average molecular weight is 1110 g/mol. The lowest BCUT2D eigenvalue weighted by Gasteiger charge is -2.35. The van der Waals surface area contributed by atoms with Crippen LogP contribution in [0, 0.1) is 0 Å². The molecule has 0 aliphatic heterocycles. The Bertz CT molecular complexity index is 6280. The summed E-state index contributed by atoms with van der Waals surface area (Å²) in [6, 6.07) is 116. The van der Waals surface area contributed by atoms with E-state index in [9.17, 15) is 0 Å². The van der Waals surface area contributed by atoms with Gasteiger partial charge in [0.15, 0.2) is 0 Å². The summed E-state index contributed by atoms with van der Waals surface area (Å²) in [5, 5.41) is 32.6. The maximum absolute atomic E-state index is 2.59. The molecule has 0 saturated carbocycles. The summed E-state index contributed by atoms with van der Waals surface area (Å²) in [4.78, 5) is 0. The quantitative estimate of drug-likeness (QED) is 0.122. The van der Waals surface area contributed by atoms with Gasteiger partial charge in [-0.05, 0) is 224 Å². The highest BCUT2D eigenvalue weighted by Crippen LogP contribution is 2.57. The van der Waals surface area contributed by atoms with Gasteiger partial charge >= 0.3 is 0 Å². The monoisotopic (exact) mass is 1110 g/mol. The smallest absolute Gasteiger partial charge is 0.0548 e. The van der Waals surface area contributed by atoms with Crippen molar-refractivity contribution >= 4 is 162 Å². The zero-order chi connectivity index (χ0) is 57.3. The normalized spacial score (nSPS) is 13.8. The Kier molecular flexibility index (Phi) is 9.84. The molecule has 19 aromatic rings. The van der Waals surface area contributed by atoms with Crippen LogP contribution in [0.2, 0.25) is 0 Å².